The summed E-state index contributed by atoms with van der Waals surface area (Å²) >= 11 is 6.29. The van der Waals surface area contributed by atoms with Gasteiger partial charge in [-0.2, -0.15) is 0 Å². The Labute approximate surface area is 175 Å². The number of benzene rings is 3. The van der Waals surface area contributed by atoms with Gasteiger partial charge in [0.1, 0.15) is 0 Å². The predicted octanol–water partition coefficient (Wildman–Crippen LogP) is 6.37. The van der Waals surface area contributed by atoms with Gasteiger partial charge in [0, 0.05) is 25.2 Å². The van der Waals surface area contributed by atoms with E-state index < -0.39 is 4.92 Å². The molecule has 0 bridgehead atoms. The van der Waals surface area contributed by atoms with Gasteiger partial charge in [-0.05, 0) is 47.9 Å². The van der Waals surface area contributed by atoms with Crippen LogP contribution in [-0.4, -0.2) is 18.0 Å². The minimum absolute atomic E-state index is 0.0348. The van der Waals surface area contributed by atoms with E-state index in [-0.39, 0.29) is 5.69 Å². The second-order valence-corrected chi connectivity index (χ2v) is 8.00. The van der Waals surface area contributed by atoms with Crippen molar-refractivity contribution in [3.8, 4) is 11.1 Å². The number of anilines is 1. The molecule has 1 saturated heterocycles. The normalized spacial score (nSPS) is 14.7. The van der Waals surface area contributed by atoms with Crippen LogP contribution in [0.1, 0.15) is 18.4 Å². The molecule has 1 aliphatic rings. The third kappa shape index (κ3) is 4.60. The molecule has 0 aromatic heterocycles. The summed E-state index contributed by atoms with van der Waals surface area (Å²) in [5.74, 6) is 0.644. The van der Waals surface area contributed by atoms with Gasteiger partial charge >= 0.3 is 0 Å². The largest absolute Gasteiger partial charge is 0.370 e. The van der Waals surface area contributed by atoms with Gasteiger partial charge in [0.05, 0.1) is 15.6 Å². The molecule has 4 rings (SSSR count). The molecule has 29 heavy (non-hydrogen) atoms. The number of nitrogens with zero attached hydrogens (tertiary/aromatic N) is 2. The molecule has 0 unspecified atom stereocenters. The Morgan fingerprint density at radius 1 is 0.931 bits per heavy atom. The summed E-state index contributed by atoms with van der Waals surface area (Å²) in [5, 5.41) is 11.3. The molecule has 1 fully saturated rings. The molecule has 0 aliphatic carbocycles. The van der Waals surface area contributed by atoms with E-state index in [9.17, 15) is 10.1 Å². The maximum absolute atomic E-state index is 10.9. The standard InChI is InChI=1S/C24H23ClN2O2/c25-23-17-22(27(28)29)10-11-24(23)26-14-12-19(13-15-26)16-18-6-8-21(9-7-18)20-4-2-1-3-5-20/h1-11,17,19H,12-16H2. The first-order valence-corrected chi connectivity index (χ1v) is 10.3. The fourth-order valence-corrected chi connectivity index (χ4v) is 4.34. The van der Waals surface area contributed by atoms with Crippen molar-refractivity contribution < 1.29 is 4.92 Å². The molecule has 3 aromatic carbocycles. The van der Waals surface area contributed by atoms with Crippen LogP contribution >= 0.6 is 11.6 Å². The monoisotopic (exact) mass is 406 g/mol. The highest BCUT2D eigenvalue weighted by Crippen LogP contribution is 2.33. The molecular weight excluding hydrogens is 384 g/mol. The second-order valence-electron chi connectivity index (χ2n) is 7.59. The molecule has 5 heteroatoms. The Bertz CT molecular complexity index is 982. The van der Waals surface area contributed by atoms with Crippen molar-refractivity contribution in [1.82, 2.24) is 0 Å². The summed E-state index contributed by atoms with van der Waals surface area (Å²) < 4.78 is 0. The number of non-ortho nitro benzene ring substituents is 1. The van der Waals surface area contributed by atoms with Gasteiger partial charge in [0.25, 0.3) is 5.69 Å². The van der Waals surface area contributed by atoms with Crippen LogP contribution in [0.4, 0.5) is 11.4 Å². The van der Waals surface area contributed by atoms with Crippen molar-refractivity contribution in [1.29, 1.82) is 0 Å². The number of nitro benzene ring substituents is 1. The molecule has 0 radical (unpaired) electrons. The van der Waals surface area contributed by atoms with Gasteiger partial charge in [-0.3, -0.25) is 10.1 Å². The van der Waals surface area contributed by atoms with E-state index in [1.807, 2.05) is 6.07 Å². The summed E-state index contributed by atoms with van der Waals surface area (Å²) in [4.78, 5) is 12.7. The topological polar surface area (TPSA) is 46.4 Å². The van der Waals surface area contributed by atoms with Crippen LogP contribution in [0.5, 0.6) is 0 Å². The van der Waals surface area contributed by atoms with Gasteiger partial charge in [-0.1, -0.05) is 66.2 Å². The summed E-state index contributed by atoms with van der Waals surface area (Å²) in [6.07, 6.45) is 3.26. The van der Waals surface area contributed by atoms with Crippen molar-refractivity contribution in [2.75, 3.05) is 18.0 Å². The van der Waals surface area contributed by atoms with Crippen molar-refractivity contribution >= 4 is 23.0 Å². The van der Waals surface area contributed by atoms with Crippen molar-refractivity contribution in [2.24, 2.45) is 5.92 Å². The fraction of sp³-hybridized carbons (Fsp3) is 0.250. The van der Waals surface area contributed by atoms with Gasteiger partial charge < -0.3 is 4.90 Å². The zero-order chi connectivity index (χ0) is 20.2. The maximum atomic E-state index is 10.9. The Hall–Kier alpha value is -2.85. The van der Waals surface area contributed by atoms with Gasteiger partial charge in [0.2, 0.25) is 0 Å². The van der Waals surface area contributed by atoms with E-state index in [1.165, 1.54) is 28.8 Å². The highest BCUT2D eigenvalue weighted by atomic mass is 35.5. The minimum atomic E-state index is -0.412. The van der Waals surface area contributed by atoms with Crippen LogP contribution in [0.2, 0.25) is 5.02 Å². The average Bonchev–Trinajstić information content (AvgIpc) is 2.75. The van der Waals surface area contributed by atoms with E-state index in [0.717, 1.165) is 38.0 Å². The van der Waals surface area contributed by atoms with E-state index in [1.54, 1.807) is 6.07 Å². The third-order valence-corrected chi connectivity index (χ3v) is 5.99. The van der Waals surface area contributed by atoms with Gasteiger partial charge in [-0.15, -0.1) is 0 Å². The lowest BCUT2D eigenvalue weighted by Gasteiger charge is -2.34. The van der Waals surface area contributed by atoms with Crippen LogP contribution in [0.25, 0.3) is 11.1 Å². The van der Waals surface area contributed by atoms with Crippen LogP contribution in [-0.2, 0) is 6.42 Å². The lowest BCUT2D eigenvalue weighted by atomic mass is 9.89. The van der Waals surface area contributed by atoms with E-state index in [0.29, 0.717) is 10.9 Å². The number of hydrogen-bond donors (Lipinski definition) is 0. The molecule has 0 amide bonds. The molecular formula is C24H23ClN2O2. The molecule has 0 saturated carbocycles. The minimum Gasteiger partial charge on any atom is -0.370 e. The number of nitro groups is 1. The zero-order valence-electron chi connectivity index (χ0n) is 16.1. The zero-order valence-corrected chi connectivity index (χ0v) is 16.9. The Morgan fingerprint density at radius 3 is 2.21 bits per heavy atom. The fourth-order valence-electron chi connectivity index (χ4n) is 4.04. The predicted molar refractivity (Wildman–Crippen MR) is 119 cm³/mol. The van der Waals surface area contributed by atoms with Crippen LogP contribution in [0.15, 0.2) is 72.8 Å². The molecule has 148 valence electrons. The molecule has 1 aliphatic heterocycles. The second kappa shape index (κ2) is 8.66. The van der Waals surface area contributed by atoms with Crippen LogP contribution < -0.4 is 4.90 Å². The summed E-state index contributed by atoms with van der Waals surface area (Å²) in [5.41, 5.74) is 4.79. The summed E-state index contributed by atoms with van der Waals surface area (Å²) in [6.45, 7) is 1.84. The smallest absolute Gasteiger partial charge is 0.271 e. The molecule has 1 heterocycles. The molecule has 0 N–H and O–H groups in total. The number of piperidine rings is 1. The first-order valence-electron chi connectivity index (χ1n) is 9.93. The highest BCUT2D eigenvalue weighted by Gasteiger charge is 2.22. The Kier molecular flexibility index (Phi) is 5.81. The van der Waals surface area contributed by atoms with E-state index in [4.69, 9.17) is 11.6 Å². The maximum Gasteiger partial charge on any atom is 0.271 e. The lowest BCUT2D eigenvalue weighted by molar-refractivity contribution is -0.384. The first kappa shape index (κ1) is 19.5. The molecule has 4 nitrogen and oxygen atoms in total. The molecule has 0 atom stereocenters. The highest BCUT2D eigenvalue weighted by molar-refractivity contribution is 6.33. The average molecular weight is 407 g/mol. The number of halogens is 1. The Morgan fingerprint density at radius 2 is 1.59 bits per heavy atom. The Balaban J connectivity index is 1.35. The van der Waals surface area contributed by atoms with Crippen molar-refractivity contribution in [2.45, 2.75) is 19.3 Å². The van der Waals surface area contributed by atoms with E-state index >= 15 is 0 Å². The SMILES string of the molecule is O=[N+]([O-])c1ccc(N2CCC(Cc3ccc(-c4ccccc4)cc3)CC2)c(Cl)c1. The van der Waals surface area contributed by atoms with Crippen LogP contribution in [0, 0.1) is 16.0 Å². The van der Waals surface area contributed by atoms with Crippen molar-refractivity contribution in [3.63, 3.8) is 0 Å². The summed E-state index contributed by atoms with van der Waals surface area (Å²) in [7, 11) is 0. The third-order valence-electron chi connectivity index (χ3n) is 5.68. The molecule has 3 aromatic rings. The van der Waals surface area contributed by atoms with Crippen molar-refractivity contribution in [3.05, 3.63) is 93.5 Å². The summed E-state index contributed by atoms with van der Waals surface area (Å²) in [6, 6.07) is 24.1. The molecule has 0 spiro atoms. The van der Waals surface area contributed by atoms with Gasteiger partial charge in [0.15, 0.2) is 0 Å². The number of rotatable bonds is 5. The van der Waals surface area contributed by atoms with Gasteiger partial charge in [-0.25, -0.2) is 0 Å². The quantitative estimate of drug-likeness (QED) is 0.365. The van der Waals surface area contributed by atoms with Crippen LogP contribution in [0.3, 0.4) is 0 Å². The first-order chi connectivity index (χ1) is 14.1. The lowest BCUT2D eigenvalue weighted by Crippen LogP contribution is -2.34. The number of hydrogen-bond acceptors (Lipinski definition) is 3. The van der Waals surface area contributed by atoms with E-state index in [2.05, 4.69) is 53.4 Å².